The van der Waals surface area contributed by atoms with Gasteiger partial charge in [0.2, 0.25) is 0 Å². The van der Waals surface area contributed by atoms with E-state index in [1.807, 2.05) is 24.3 Å². The molecule has 0 radical (unpaired) electrons. The Hall–Kier alpha value is -2.36. The zero-order chi connectivity index (χ0) is 15.2. The molecule has 0 heterocycles. The first-order valence-corrected chi connectivity index (χ1v) is 6.72. The molecule has 0 aliphatic heterocycles. The molecule has 0 saturated carbocycles. The van der Waals surface area contributed by atoms with Gasteiger partial charge in [0.25, 0.3) is 0 Å². The van der Waals surface area contributed by atoms with Gasteiger partial charge >= 0.3 is 5.97 Å². The zero-order valence-corrected chi connectivity index (χ0v) is 12.1. The first-order chi connectivity index (χ1) is 10.1. The van der Waals surface area contributed by atoms with Gasteiger partial charge in [-0.15, -0.1) is 0 Å². The van der Waals surface area contributed by atoms with E-state index in [1.54, 1.807) is 6.07 Å². The Balaban J connectivity index is 2.03. The lowest BCUT2D eigenvalue weighted by atomic mass is 10.1. The summed E-state index contributed by atoms with van der Waals surface area (Å²) in [6.45, 7) is 2.32. The van der Waals surface area contributed by atoms with E-state index >= 15 is 0 Å². The third kappa shape index (κ3) is 3.81. The summed E-state index contributed by atoms with van der Waals surface area (Å²) in [7, 11) is 1.22. The maximum absolute atomic E-state index is 13.8. The van der Waals surface area contributed by atoms with Crippen LogP contribution in [0.25, 0.3) is 0 Å². The number of aryl methyl sites for hydroxylation is 1. The van der Waals surface area contributed by atoms with Crippen LogP contribution in [0.3, 0.4) is 0 Å². The molecule has 2 aromatic rings. The second-order valence-corrected chi connectivity index (χ2v) is 4.59. The smallest absolute Gasteiger partial charge is 0.340 e. The van der Waals surface area contributed by atoms with Gasteiger partial charge in [-0.2, -0.15) is 0 Å². The highest BCUT2D eigenvalue weighted by molar-refractivity contribution is 5.89. The number of carbonyl (C=O) groups is 1. The van der Waals surface area contributed by atoms with E-state index in [-0.39, 0.29) is 12.2 Å². The van der Waals surface area contributed by atoms with Gasteiger partial charge in [-0.05, 0) is 41.8 Å². The fourth-order valence-electron chi connectivity index (χ4n) is 1.91. The molecule has 0 atom stereocenters. The van der Waals surface area contributed by atoms with Crippen molar-refractivity contribution in [3.63, 3.8) is 0 Å². The highest BCUT2D eigenvalue weighted by Crippen LogP contribution is 2.16. The third-order valence-electron chi connectivity index (χ3n) is 3.18. The Kier molecular flexibility index (Phi) is 4.93. The third-order valence-corrected chi connectivity index (χ3v) is 3.18. The van der Waals surface area contributed by atoms with Gasteiger partial charge in [-0.1, -0.05) is 25.1 Å². The molecule has 3 nitrogen and oxygen atoms in total. The Morgan fingerprint density at radius 1 is 1.10 bits per heavy atom. The van der Waals surface area contributed by atoms with Crippen LogP contribution in [0.2, 0.25) is 0 Å². The number of hydrogen-bond donors (Lipinski definition) is 0. The number of ether oxygens (including phenoxy) is 2. The maximum atomic E-state index is 13.8. The summed E-state index contributed by atoms with van der Waals surface area (Å²) >= 11 is 0. The number of hydrogen-bond acceptors (Lipinski definition) is 3. The van der Waals surface area contributed by atoms with Crippen molar-refractivity contribution in [3.05, 3.63) is 65.0 Å². The minimum atomic E-state index is -0.685. The van der Waals surface area contributed by atoms with Crippen LogP contribution in [0.1, 0.15) is 28.4 Å². The average Bonchev–Trinajstić information content (AvgIpc) is 2.52. The van der Waals surface area contributed by atoms with E-state index in [0.29, 0.717) is 5.56 Å². The van der Waals surface area contributed by atoms with E-state index in [2.05, 4.69) is 11.7 Å². The zero-order valence-electron chi connectivity index (χ0n) is 12.1. The summed E-state index contributed by atoms with van der Waals surface area (Å²) in [6.07, 6.45) is 0.973. The van der Waals surface area contributed by atoms with E-state index in [4.69, 9.17) is 4.74 Å². The molecular weight excluding hydrogens is 271 g/mol. The van der Waals surface area contributed by atoms with E-state index < -0.39 is 11.8 Å². The molecule has 110 valence electrons. The number of esters is 1. The summed E-state index contributed by atoms with van der Waals surface area (Å²) in [5.41, 5.74) is 1.81. The van der Waals surface area contributed by atoms with Crippen molar-refractivity contribution in [3.8, 4) is 5.75 Å². The topological polar surface area (TPSA) is 35.5 Å². The van der Waals surface area contributed by atoms with Gasteiger partial charge < -0.3 is 9.47 Å². The van der Waals surface area contributed by atoms with Crippen LogP contribution in [0.5, 0.6) is 5.75 Å². The summed E-state index contributed by atoms with van der Waals surface area (Å²) in [5.74, 6) is -0.566. The lowest BCUT2D eigenvalue weighted by molar-refractivity contribution is 0.0595. The monoisotopic (exact) mass is 288 g/mol. The van der Waals surface area contributed by atoms with Crippen molar-refractivity contribution in [2.75, 3.05) is 7.11 Å². The fourth-order valence-corrected chi connectivity index (χ4v) is 1.91. The van der Waals surface area contributed by atoms with Crippen LogP contribution >= 0.6 is 0 Å². The minimum absolute atomic E-state index is 0.0754. The lowest BCUT2D eigenvalue weighted by Gasteiger charge is -2.08. The first-order valence-electron chi connectivity index (χ1n) is 6.72. The van der Waals surface area contributed by atoms with Crippen LogP contribution in [-0.4, -0.2) is 13.1 Å². The molecule has 0 unspecified atom stereocenters. The Morgan fingerprint density at radius 3 is 2.33 bits per heavy atom. The SMILES string of the molecule is CCc1ccc(OCc2ccc(C(=O)OC)c(F)c2)cc1. The number of benzene rings is 2. The van der Waals surface area contributed by atoms with Crippen LogP contribution in [-0.2, 0) is 17.8 Å². The second kappa shape index (κ2) is 6.88. The Morgan fingerprint density at radius 2 is 1.76 bits per heavy atom. The number of rotatable bonds is 5. The Bertz CT molecular complexity index is 620. The largest absolute Gasteiger partial charge is 0.489 e. The predicted octanol–water partition coefficient (Wildman–Crippen LogP) is 3.75. The van der Waals surface area contributed by atoms with Crippen molar-refractivity contribution in [1.82, 2.24) is 0 Å². The van der Waals surface area contributed by atoms with Crippen LogP contribution in [0, 0.1) is 5.82 Å². The highest BCUT2D eigenvalue weighted by Gasteiger charge is 2.12. The average molecular weight is 288 g/mol. The molecule has 0 saturated heterocycles. The number of carbonyl (C=O) groups excluding carboxylic acids is 1. The van der Waals surface area contributed by atoms with Gasteiger partial charge in [0, 0.05) is 0 Å². The van der Waals surface area contributed by atoms with Gasteiger partial charge in [0.05, 0.1) is 12.7 Å². The van der Waals surface area contributed by atoms with Crippen molar-refractivity contribution < 1.29 is 18.7 Å². The highest BCUT2D eigenvalue weighted by atomic mass is 19.1. The fraction of sp³-hybridized carbons (Fsp3) is 0.235. The van der Waals surface area contributed by atoms with Crippen molar-refractivity contribution in [2.45, 2.75) is 20.0 Å². The summed E-state index contributed by atoms with van der Waals surface area (Å²) in [6, 6.07) is 12.1. The predicted molar refractivity (Wildman–Crippen MR) is 77.9 cm³/mol. The van der Waals surface area contributed by atoms with Gasteiger partial charge in [-0.3, -0.25) is 0 Å². The molecule has 0 bridgehead atoms. The molecule has 0 aromatic heterocycles. The number of halogens is 1. The van der Waals surface area contributed by atoms with Gasteiger partial charge in [0.1, 0.15) is 18.2 Å². The van der Waals surface area contributed by atoms with Crippen LogP contribution < -0.4 is 4.74 Å². The summed E-state index contributed by atoms with van der Waals surface area (Å²) in [5, 5.41) is 0. The molecule has 0 aliphatic rings. The van der Waals surface area contributed by atoms with E-state index in [0.717, 1.165) is 12.2 Å². The molecule has 0 fully saturated rings. The molecule has 0 spiro atoms. The van der Waals surface area contributed by atoms with Gasteiger partial charge in [0.15, 0.2) is 0 Å². The van der Waals surface area contributed by atoms with Gasteiger partial charge in [-0.25, -0.2) is 9.18 Å². The molecule has 0 N–H and O–H groups in total. The Labute approximate surface area is 123 Å². The molecule has 4 heteroatoms. The second-order valence-electron chi connectivity index (χ2n) is 4.59. The summed E-state index contributed by atoms with van der Waals surface area (Å²) < 4.78 is 23.8. The quantitative estimate of drug-likeness (QED) is 0.786. The molecule has 0 amide bonds. The van der Waals surface area contributed by atoms with Crippen molar-refractivity contribution in [1.29, 1.82) is 0 Å². The molecule has 0 aliphatic carbocycles. The van der Waals surface area contributed by atoms with E-state index in [9.17, 15) is 9.18 Å². The molecular formula is C17H17FO3. The molecule has 2 rings (SSSR count). The lowest BCUT2D eigenvalue weighted by Crippen LogP contribution is -2.05. The van der Waals surface area contributed by atoms with Crippen LogP contribution in [0.15, 0.2) is 42.5 Å². The minimum Gasteiger partial charge on any atom is -0.489 e. The molecule has 2 aromatic carbocycles. The van der Waals surface area contributed by atoms with E-state index in [1.165, 1.54) is 24.8 Å². The van der Waals surface area contributed by atoms with Crippen LogP contribution in [0.4, 0.5) is 4.39 Å². The van der Waals surface area contributed by atoms with Crippen molar-refractivity contribution in [2.24, 2.45) is 0 Å². The molecule has 21 heavy (non-hydrogen) atoms. The number of methoxy groups -OCH3 is 1. The summed E-state index contributed by atoms with van der Waals surface area (Å²) in [4.78, 5) is 11.3. The standard InChI is InChI=1S/C17H17FO3/c1-3-12-4-7-14(8-5-12)21-11-13-6-9-15(16(18)10-13)17(19)20-2/h4-10H,3,11H2,1-2H3. The first kappa shape index (κ1) is 15.0. The maximum Gasteiger partial charge on any atom is 0.340 e. The normalized spacial score (nSPS) is 10.2. The van der Waals surface area contributed by atoms with Crippen molar-refractivity contribution >= 4 is 5.97 Å².